The minimum absolute atomic E-state index is 0.00985. The highest BCUT2D eigenvalue weighted by Crippen LogP contribution is 2.34. The van der Waals surface area contributed by atoms with E-state index in [9.17, 15) is 26.2 Å². The third kappa shape index (κ3) is 3.76. The van der Waals surface area contributed by atoms with Crippen molar-refractivity contribution in [1.29, 1.82) is 0 Å². The maximum absolute atomic E-state index is 11.5. The van der Waals surface area contributed by atoms with Gasteiger partial charge in [0.2, 0.25) is 0 Å². The lowest BCUT2D eigenvalue weighted by molar-refractivity contribution is -0.139. The Balaban J connectivity index is 2.86. The van der Waals surface area contributed by atoms with Gasteiger partial charge in [-0.3, -0.25) is 9.11 Å². The molecule has 0 amide bonds. The van der Waals surface area contributed by atoms with Gasteiger partial charge in [-0.2, -0.15) is 16.8 Å². The minimum atomic E-state index is -4.88. The number of hydrogen-bond acceptors (Lipinski definition) is 6. The molecule has 0 saturated heterocycles. The summed E-state index contributed by atoms with van der Waals surface area (Å²) >= 11 is 0. The molecule has 0 unspecified atom stereocenters. The molecule has 3 N–H and O–H groups in total. The van der Waals surface area contributed by atoms with Crippen LogP contribution in [0, 0.1) is 0 Å². The number of aliphatic carboxylic acids is 1. The number of hydrogen-bond donors (Lipinski definition) is 3. The highest BCUT2D eigenvalue weighted by atomic mass is 32.2. The molecular weight excluding hydrogens is 352 g/mol. The van der Waals surface area contributed by atoms with Gasteiger partial charge in [-0.1, -0.05) is 12.1 Å². The molecule has 0 aliphatic carbocycles. The molecule has 0 aliphatic heterocycles. The second-order valence-electron chi connectivity index (χ2n) is 4.41. The van der Waals surface area contributed by atoms with Gasteiger partial charge in [0.15, 0.2) is 6.61 Å². The first-order chi connectivity index (χ1) is 10.5. The SMILES string of the molecule is O=C(O)COc1cccc2cc(S(=O)(=O)O)cc(S(=O)(=O)O)c12. The van der Waals surface area contributed by atoms with Crippen molar-refractivity contribution in [2.24, 2.45) is 0 Å². The predicted octanol–water partition coefficient (Wildman–Crippen LogP) is 0.797. The van der Waals surface area contributed by atoms with Crippen molar-refractivity contribution in [2.75, 3.05) is 6.61 Å². The molecule has 2 aromatic carbocycles. The summed E-state index contributed by atoms with van der Waals surface area (Å²) in [6.45, 7) is -0.774. The Bertz CT molecular complexity index is 991. The van der Waals surface area contributed by atoms with Gasteiger partial charge in [0.05, 0.1) is 4.90 Å². The maximum Gasteiger partial charge on any atom is 0.341 e. The number of rotatable bonds is 5. The van der Waals surface area contributed by atoms with E-state index in [0.717, 1.165) is 6.07 Å². The predicted molar refractivity (Wildman–Crippen MR) is 76.7 cm³/mol. The summed E-state index contributed by atoms with van der Waals surface area (Å²) in [5.74, 6) is -1.50. The second kappa shape index (κ2) is 5.77. The summed E-state index contributed by atoms with van der Waals surface area (Å²) in [6.07, 6.45) is 0. The summed E-state index contributed by atoms with van der Waals surface area (Å²) in [6, 6.07) is 5.45. The number of ether oxygens (including phenoxy) is 1. The van der Waals surface area contributed by atoms with Gasteiger partial charge < -0.3 is 9.84 Å². The van der Waals surface area contributed by atoms with E-state index in [4.69, 9.17) is 14.4 Å². The van der Waals surface area contributed by atoms with Gasteiger partial charge in [-0.25, -0.2) is 4.79 Å². The average Bonchev–Trinajstić information content (AvgIpc) is 2.41. The van der Waals surface area contributed by atoms with E-state index in [-0.39, 0.29) is 16.5 Å². The first kappa shape index (κ1) is 17.1. The molecule has 0 radical (unpaired) electrons. The van der Waals surface area contributed by atoms with Crippen molar-refractivity contribution in [2.45, 2.75) is 9.79 Å². The van der Waals surface area contributed by atoms with Crippen molar-refractivity contribution in [3.63, 3.8) is 0 Å². The zero-order valence-electron chi connectivity index (χ0n) is 11.2. The highest BCUT2D eigenvalue weighted by Gasteiger charge is 2.22. The van der Waals surface area contributed by atoms with Crippen LogP contribution >= 0.6 is 0 Å². The van der Waals surface area contributed by atoms with Crippen molar-refractivity contribution in [3.05, 3.63) is 30.3 Å². The van der Waals surface area contributed by atoms with E-state index in [0.29, 0.717) is 6.07 Å². The van der Waals surface area contributed by atoms with E-state index >= 15 is 0 Å². The molecule has 2 rings (SSSR count). The van der Waals surface area contributed by atoms with Crippen LogP contribution in [-0.2, 0) is 25.0 Å². The number of carboxylic acid groups (broad SMARTS) is 1. The first-order valence-corrected chi connectivity index (χ1v) is 8.74. The number of fused-ring (bicyclic) bond motifs is 1. The largest absolute Gasteiger partial charge is 0.481 e. The molecule has 0 saturated carbocycles. The second-order valence-corrected chi connectivity index (χ2v) is 7.22. The summed E-state index contributed by atoms with van der Waals surface area (Å²) in [7, 11) is -9.60. The zero-order chi connectivity index (χ0) is 17.4. The zero-order valence-corrected chi connectivity index (χ0v) is 12.8. The molecule has 0 aromatic heterocycles. The van der Waals surface area contributed by atoms with Crippen LogP contribution < -0.4 is 4.74 Å². The van der Waals surface area contributed by atoms with Crippen LogP contribution in [0.1, 0.15) is 0 Å². The van der Waals surface area contributed by atoms with Crippen molar-refractivity contribution in [1.82, 2.24) is 0 Å². The molecule has 0 fully saturated rings. The van der Waals surface area contributed by atoms with Crippen LogP contribution in [0.3, 0.4) is 0 Å². The number of carbonyl (C=O) groups is 1. The fourth-order valence-corrected chi connectivity index (χ4v) is 3.31. The molecule has 0 spiro atoms. The lowest BCUT2D eigenvalue weighted by Crippen LogP contribution is -2.11. The lowest BCUT2D eigenvalue weighted by Gasteiger charge is -2.11. The van der Waals surface area contributed by atoms with Gasteiger partial charge in [0.1, 0.15) is 10.6 Å². The average molecular weight is 362 g/mol. The van der Waals surface area contributed by atoms with Crippen molar-refractivity contribution in [3.8, 4) is 5.75 Å². The van der Waals surface area contributed by atoms with E-state index in [1.165, 1.54) is 18.2 Å². The van der Waals surface area contributed by atoms with Crippen LogP contribution in [-0.4, -0.2) is 43.6 Å². The molecule has 0 heterocycles. The van der Waals surface area contributed by atoms with Crippen LogP contribution in [0.25, 0.3) is 10.8 Å². The lowest BCUT2D eigenvalue weighted by atomic mass is 10.1. The van der Waals surface area contributed by atoms with Gasteiger partial charge >= 0.3 is 5.97 Å². The highest BCUT2D eigenvalue weighted by molar-refractivity contribution is 7.86. The Morgan fingerprint density at radius 2 is 1.70 bits per heavy atom. The van der Waals surface area contributed by atoms with Crippen molar-refractivity contribution < 1.29 is 40.6 Å². The molecule has 11 heteroatoms. The molecule has 9 nitrogen and oxygen atoms in total. The summed E-state index contributed by atoms with van der Waals surface area (Å²) in [5.41, 5.74) is 0. The summed E-state index contributed by atoms with van der Waals surface area (Å²) in [5, 5.41) is 8.43. The van der Waals surface area contributed by atoms with E-state index in [2.05, 4.69) is 0 Å². The van der Waals surface area contributed by atoms with E-state index in [1.54, 1.807) is 0 Å². The Morgan fingerprint density at radius 1 is 1.04 bits per heavy atom. The summed E-state index contributed by atoms with van der Waals surface area (Å²) < 4.78 is 68.8. The third-order valence-corrected chi connectivity index (χ3v) is 4.51. The molecule has 0 aliphatic rings. The van der Waals surface area contributed by atoms with Crippen LogP contribution in [0.4, 0.5) is 0 Å². The molecule has 23 heavy (non-hydrogen) atoms. The Kier molecular flexibility index (Phi) is 4.30. The smallest absolute Gasteiger partial charge is 0.341 e. The maximum atomic E-state index is 11.5. The minimum Gasteiger partial charge on any atom is -0.481 e. The first-order valence-electron chi connectivity index (χ1n) is 5.86. The normalized spacial score (nSPS) is 12.3. The molecule has 2 aromatic rings. The standard InChI is InChI=1S/C12H10O9S2/c13-11(14)6-21-9-3-1-2-7-4-8(22(15,16)17)5-10(12(7)9)23(18,19)20/h1-5H,6H2,(H,13,14)(H,15,16,17)(H,18,19,20). The quantitative estimate of drug-likeness (QED) is 0.655. The number of carboxylic acids is 1. The molecule has 0 bridgehead atoms. The Labute approximate surface area is 130 Å². The number of benzene rings is 2. The van der Waals surface area contributed by atoms with Crippen LogP contribution in [0.2, 0.25) is 0 Å². The topological polar surface area (TPSA) is 155 Å². The monoisotopic (exact) mass is 362 g/mol. The third-order valence-electron chi connectivity index (χ3n) is 2.80. The molecular formula is C12H10O9S2. The fourth-order valence-electron chi connectivity index (χ4n) is 1.94. The van der Waals surface area contributed by atoms with Crippen molar-refractivity contribution >= 4 is 37.0 Å². The Hall–Kier alpha value is -2.21. The summed E-state index contributed by atoms with van der Waals surface area (Å²) in [4.78, 5) is 9.00. The fraction of sp³-hybridized carbons (Fsp3) is 0.0833. The van der Waals surface area contributed by atoms with Crippen LogP contribution in [0.5, 0.6) is 5.75 Å². The van der Waals surface area contributed by atoms with E-state index < -0.39 is 42.6 Å². The van der Waals surface area contributed by atoms with Crippen LogP contribution in [0.15, 0.2) is 40.1 Å². The molecule has 124 valence electrons. The Morgan fingerprint density at radius 3 is 2.22 bits per heavy atom. The molecule has 0 atom stereocenters. The van der Waals surface area contributed by atoms with E-state index in [1.807, 2.05) is 0 Å². The van der Waals surface area contributed by atoms with Gasteiger partial charge in [-0.15, -0.1) is 0 Å². The van der Waals surface area contributed by atoms with Gasteiger partial charge in [0, 0.05) is 5.39 Å². The van der Waals surface area contributed by atoms with Gasteiger partial charge in [0.25, 0.3) is 20.2 Å². The van der Waals surface area contributed by atoms with Gasteiger partial charge in [-0.05, 0) is 23.6 Å².